The highest BCUT2D eigenvalue weighted by atomic mass is 32.2. The molecule has 1 aromatic carbocycles. The van der Waals surface area contributed by atoms with Gasteiger partial charge < -0.3 is 39.7 Å². The molecule has 14 nitrogen and oxygen atoms in total. The second-order valence-corrected chi connectivity index (χ2v) is 20.4. The highest BCUT2D eigenvalue weighted by Gasteiger charge is 2.70. The normalized spacial score (nSPS) is 44.5. The molecule has 2 unspecified atom stereocenters. The van der Waals surface area contributed by atoms with Crippen molar-refractivity contribution >= 4 is 20.2 Å². The minimum Gasteiger partial charge on any atom is -0.485 e. The summed E-state index contributed by atoms with van der Waals surface area (Å²) in [5.74, 6) is -5.38. The Hall–Kier alpha value is -3.16. The van der Waals surface area contributed by atoms with Crippen molar-refractivity contribution in [3.63, 3.8) is 0 Å². The number of aliphatic hydroxyl groups is 4. The van der Waals surface area contributed by atoms with E-state index in [4.69, 9.17) is 17.8 Å². The Labute approximate surface area is 324 Å². The molecule has 4 bridgehead atoms. The van der Waals surface area contributed by atoms with Gasteiger partial charge in [-0.1, -0.05) is 48.6 Å². The Kier molecular flexibility index (Phi) is 7.26. The second-order valence-electron chi connectivity index (χ2n) is 17.3. The predicted molar refractivity (Wildman–Crippen MR) is 196 cm³/mol. The molecule has 11 rings (SSSR count). The van der Waals surface area contributed by atoms with Crippen molar-refractivity contribution in [3.8, 4) is 0 Å². The smallest absolute Gasteiger partial charge is 0.301 e. The minimum absolute atomic E-state index is 0.0545. The standard InChI is InChI=1S/C40H44N2O12S2/c1-41-17-15-37-23-7-9-27(43)33(37)51-35-31(37)21(19-25(23)41)11-13-39(35,45)53-55(47,48)29-5-3-4-6-30(29)56(49,50)54-40(46)14-12-22-20-26-24-8-10-28(44)34-38(24,16-18-42(26)2)32(22)36(40)52-34/h3-12,23-28,33-34,43-46H,13-20H2,1-2H3/t23-,24-,25+,26+,27-,28-,33-,34-,37-,38-,39?,40?/m0/s1. The number of hydrogen-bond donors (Lipinski definition) is 4. The van der Waals surface area contributed by atoms with Crippen LogP contribution in [0.2, 0.25) is 0 Å². The van der Waals surface area contributed by atoms with E-state index in [-0.39, 0.29) is 48.3 Å². The average Bonchev–Trinajstić information content (AvgIpc) is 3.71. The molecule has 1 aromatic rings. The lowest BCUT2D eigenvalue weighted by molar-refractivity contribution is -0.153. The number of ether oxygens (including phenoxy) is 2. The molecule has 16 heteroatoms. The van der Waals surface area contributed by atoms with E-state index in [0.717, 1.165) is 23.3 Å². The molecule has 10 aliphatic rings. The first-order valence-electron chi connectivity index (χ1n) is 19.4. The number of hydrogen-bond acceptors (Lipinski definition) is 14. The van der Waals surface area contributed by atoms with Gasteiger partial charge >= 0.3 is 20.2 Å². The van der Waals surface area contributed by atoms with Crippen LogP contribution in [0, 0.1) is 22.7 Å². The van der Waals surface area contributed by atoms with Crippen LogP contribution in [0.1, 0.15) is 38.5 Å². The summed E-state index contributed by atoms with van der Waals surface area (Å²) in [7, 11) is -6.10. The molecule has 2 saturated heterocycles. The van der Waals surface area contributed by atoms with E-state index in [9.17, 15) is 37.3 Å². The van der Waals surface area contributed by atoms with Crippen LogP contribution in [0.3, 0.4) is 0 Å². The summed E-state index contributed by atoms with van der Waals surface area (Å²) in [6, 6.07) is 4.95. The minimum atomic E-state index is -5.11. The van der Waals surface area contributed by atoms with Gasteiger partial charge in [0.05, 0.1) is 0 Å². The molecule has 56 heavy (non-hydrogen) atoms. The van der Waals surface area contributed by atoms with Crippen LogP contribution in [-0.4, -0.2) is 122 Å². The lowest BCUT2D eigenvalue weighted by Crippen LogP contribution is -2.62. The maximum absolute atomic E-state index is 14.3. The first kappa shape index (κ1) is 36.0. The molecule has 12 atom stereocenters. The van der Waals surface area contributed by atoms with Gasteiger partial charge in [0, 0.05) is 58.7 Å². The average molecular weight is 809 g/mol. The molecule has 0 aromatic heterocycles. The van der Waals surface area contributed by atoms with Crippen molar-refractivity contribution in [1.82, 2.24) is 9.80 Å². The summed E-state index contributed by atoms with van der Waals surface area (Å²) in [5, 5.41) is 46.7. The van der Waals surface area contributed by atoms with Crippen LogP contribution in [0.4, 0.5) is 0 Å². The van der Waals surface area contributed by atoms with Crippen molar-refractivity contribution in [3.05, 3.63) is 94.5 Å². The third kappa shape index (κ3) is 4.38. The van der Waals surface area contributed by atoms with Crippen molar-refractivity contribution in [2.24, 2.45) is 22.7 Å². The molecule has 4 fully saturated rings. The van der Waals surface area contributed by atoms with Gasteiger partial charge in [0.25, 0.3) is 0 Å². The highest BCUT2D eigenvalue weighted by molar-refractivity contribution is 7.90. The predicted octanol–water partition coefficient (Wildman–Crippen LogP) is 1.72. The quantitative estimate of drug-likeness (QED) is 0.185. The van der Waals surface area contributed by atoms with Crippen LogP contribution in [-0.2, 0) is 38.1 Å². The summed E-state index contributed by atoms with van der Waals surface area (Å²) >= 11 is 0. The zero-order valence-electron chi connectivity index (χ0n) is 30.8. The summed E-state index contributed by atoms with van der Waals surface area (Å²) < 4.78 is 81.5. The first-order chi connectivity index (χ1) is 26.5. The van der Waals surface area contributed by atoms with Crippen LogP contribution in [0.25, 0.3) is 0 Å². The van der Waals surface area contributed by atoms with Gasteiger partial charge in [-0.2, -0.15) is 16.8 Å². The fourth-order valence-electron chi connectivity index (χ4n) is 12.4. The van der Waals surface area contributed by atoms with Gasteiger partial charge in [-0.15, -0.1) is 0 Å². The number of likely N-dealkylation sites (tertiary alicyclic amines) is 2. The molecular weight excluding hydrogens is 765 g/mol. The Morgan fingerprint density at radius 1 is 0.679 bits per heavy atom. The van der Waals surface area contributed by atoms with Gasteiger partial charge in [-0.05, 0) is 76.1 Å². The topological polar surface area (TPSA) is 193 Å². The fraction of sp³-hybridized carbons (Fsp3) is 0.550. The molecule has 0 amide bonds. The van der Waals surface area contributed by atoms with Crippen molar-refractivity contribution in [2.45, 2.75) is 96.4 Å². The molecule has 298 valence electrons. The molecule has 6 aliphatic carbocycles. The van der Waals surface area contributed by atoms with Crippen LogP contribution >= 0.6 is 0 Å². The Morgan fingerprint density at radius 2 is 1.09 bits per heavy atom. The van der Waals surface area contributed by atoms with Crippen LogP contribution in [0.5, 0.6) is 0 Å². The summed E-state index contributed by atoms with van der Waals surface area (Å²) in [5.41, 5.74) is 1.69. The monoisotopic (exact) mass is 808 g/mol. The molecule has 4 N–H and O–H groups in total. The summed E-state index contributed by atoms with van der Waals surface area (Å²) in [6.07, 6.45) is 9.18. The third-order valence-corrected chi connectivity index (χ3v) is 17.7. The fourth-order valence-corrected chi connectivity index (χ4v) is 15.3. The number of piperidine rings is 2. The highest BCUT2D eigenvalue weighted by Crippen LogP contribution is 2.68. The molecular formula is C40H44N2O12S2. The van der Waals surface area contributed by atoms with Crippen LogP contribution in [0.15, 0.2) is 104 Å². The summed E-state index contributed by atoms with van der Waals surface area (Å²) in [6.45, 7) is 1.41. The van der Waals surface area contributed by atoms with Gasteiger partial charge in [-0.25, -0.2) is 8.37 Å². The third-order valence-electron chi connectivity index (χ3n) is 14.8. The number of benzene rings is 1. The molecule has 2 spiro atoms. The van der Waals surface area contributed by atoms with Gasteiger partial charge in [0.15, 0.2) is 11.5 Å². The number of aliphatic hydroxyl groups excluding tert-OH is 2. The van der Waals surface area contributed by atoms with E-state index < -0.39 is 76.8 Å². The Balaban J connectivity index is 0.938. The zero-order valence-corrected chi connectivity index (χ0v) is 32.4. The molecule has 4 heterocycles. The number of nitrogens with zero attached hydrogens (tertiary/aromatic N) is 2. The van der Waals surface area contributed by atoms with Gasteiger partial charge in [0.1, 0.15) is 34.2 Å². The Bertz CT molecular complexity index is 2240. The van der Waals surface area contributed by atoms with Crippen LogP contribution < -0.4 is 0 Å². The molecule has 4 aliphatic heterocycles. The lowest BCUT2D eigenvalue weighted by atomic mass is 9.51. The first-order valence-corrected chi connectivity index (χ1v) is 22.2. The Morgan fingerprint density at radius 3 is 1.50 bits per heavy atom. The van der Waals surface area contributed by atoms with Crippen molar-refractivity contribution in [1.29, 1.82) is 0 Å². The second kappa shape index (κ2) is 11.3. The van der Waals surface area contributed by atoms with E-state index in [0.29, 0.717) is 49.9 Å². The van der Waals surface area contributed by atoms with E-state index in [1.807, 2.05) is 12.2 Å². The van der Waals surface area contributed by atoms with Crippen molar-refractivity contribution in [2.75, 3.05) is 27.2 Å². The zero-order chi connectivity index (χ0) is 38.9. The molecule has 0 radical (unpaired) electrons. The maximum Gasteiger partial charge on any atom is 0.301 e. The van der Waals surface area contributed by atoms with Crippen molar-refractivity contribution < 1.29 is 55.1 Å². The van der Waals surface area contributed by atoms with E-state index in [1.54, 1.807) is 24.3 Å². The van der Waals surface area contributed by atoms with E-state index in [2.05, 4.69) is 23.9 Å². The van der Waals surface area contributed by atoms with Gasteiger partial charge in [0.2, 0.25) is 11.6 Å². The maximum atomic E-state index is 14.3. The lowest BCUT2D eigenvalue weighted by Gasteiger charge is -2.58. The number of rotatable bonds is 6. The summed E-state index contributed by atoms with van der Waals surface area (Å²) in [4.78, 5) is 2.94. The van der Waals surface area contributed by atoms with E-state index in [1.165, 1.54) is 12.1 Å². The largest absolute Gasteiger partial charge is 0.485 e. The SMILES string of the molecule is CN1CC[C@]23C4=C5O[C@H]2[C@@H](O)C=C[C@H]3[C@H]1CC4=CCC5(O)OS(=O)(=O)c1ccccc1S(=O)(=O)OC1(O)CC=C2C[C@@H]3[C@@H]4C=C[C@H](O)[C@@H]5OC1=C2[C@]45CCN3C. The van der Waals surface area contributed by atoms with Gasteiger partial charge in [-0.3, -0.25) is 0 Å². The molecule has 2 saturated carbocycles. The van der Waals surface area contributed by atoms with E-state index >= 15 is 0 Å².